The Morgan fingerprint density at radius 3 is 2.69 bits per heavy atom. The van der Waals surface area contributed by atoms with Crippen molar-refractivity contribution in [3.05, 3.63) is 0 Å². The van der Waals surface area contributed by atoms with E-state index >= 15 is 0 Å². The van der Waals surface area contributed by atoms with E-state index in [4.69, 9.17) is 0 Å². The molecule has 1 amide bonds. The van der Waals surface area contributed by atoms with E-state index in [0.29, 0.717) is 12.8 Å². The average molecular weight is 244 g/mol. The first-order chi connectivity index (χ1) is 7.57. The normalized spacial score (nSPS) is 25.5. The fraction of sp³-hybridized carbons (Fsp3) is 0.818. The smallest absolute Gasteiger partial charge is 0.224 e. The van der Waals surface area contributed by atoms with Gasteiger partial charge in [-0.3, -0.25) is 4.79 Å². The maximum absolute atomic E-state index is 11.9. The van der Waals surface area contributed by atoms with Crippen molar-refractivity contribution >= 4 is 23.6 Å². The van der Waals surface area contributed by atoms with Gasteiger partial charge in [-0.05, 0) is 32.4 Å². The Kier molecular flexibility index (Phi) is 5.12. The van der Waals surface area contributed by atoms with Gasteiger partial charge < -0.3 is 14.8 Å². The van der Waals surface area contributed by atoms with Gasteiger partial charge in [-0.2, -0.15) is 11.8 Å². The number of nitrogens with zero attached hydrogens (tertiary/aromatic N) is 1. The molecule has 1 rings (SSSR count). The third-order valence-corrected chi connectivity index (χ3v) is 3.60. The second-order valence-corrected chi connectivity index (χ2v) is 5.14. The molecule has 0 radical (unpaired) electrons. The molecule has 0 spiro atoms. The van der Waals surface area contributed by atoms with E-state index in [-0.39, 0.29) is 11.9 Å². The molecule has 1 fully saturated rings. The Morgan fingerprint density at radius 1 is 1.44 bits per heavy atom. The highest BCUT2D eigenvalue weighted by molar-refractivity contribution is 7.98. The standard InChI is InChI=1S/C11H19NO3S/c1-8-4-3-5-9(11(14)15)12(8)10(13)6-7-16-2/h8-9H,3-7H2,1-2H3,(H,14,15)/p-1/t8-,9+/m0/s1. The fourth-order valence-corrected chi connectivity index (χ4v) is 2.54. The SMILES string of the molecule is CSCCC(=O)N1[C@@H](C(=O)[O-])CCC[C@@H]1C. The summed E-state index contributed by atoms with van der Waals surface area (Å²) in [5.74, 6) is -0.443. The average Bonchev–Trinajstić information content (AvgIpc) is 2.25. The Balaban J connectivity index is 2.69. The number of piperidine rings is 1. The Hall–Kier alpha value is -0.710. The molecule has 0 aromatic rings. The van der Waals surface area contributed by atoms with E-state index in [1.807, 2.05) is 13.2 Å². The number of aliphatic carboxylic acids is 1. The second-order valence-electron chi connectivity index (χ2n) is 4.16. The summed E-state index contributed by atoms with van der Waals surface area (Å²) in [5.41, 5.74) is 0. The highest BCUT2D eigenvalue weighted by Crippen LogP contribution is 2.23. The molecule has 1 aliphatic heterocycles. The Labute approximate surface area is 100 Å². The van der Waals surface area contributed by atoms with E-state index in [1.54, 1.807) is 11.8 Å². The third-order valence-electron chi connectivity index (χ3n) is 2.99. The molecule has 4 nitrogen and oxygen atoms in total. The number of carbonyl (C=O) groups excluding carboxylic acids is 2. The second kappa shape index (κ2) is 6.13. The zero-order valence-electron chi connectivity index (χ0n) is 9.77. The van der Waals surface area contributed by atoms with Crippen LogP contribution in [0.3, 0.4) is 0 Å². The van der Waals surface area contributed by atoms with Gasteiger partial charge in [0.15, 0.2) is 0 Å². The summed E-state index contributed by atoms with van der Waals surface area (Å²) in [6.07, 6.45) is 4.61. The van der Waals surface area contributed by atoms with Gasteiger partial charge in [0, 0.05) is 18.2 Å². The first-order valence-electron chi connectivity index (χ1n) is 5.59. The van der Waals surface area contributed by atoms with Gasteiger partial charge in [-0.25, -0.2) is 0 Å². The molecule has 0 saturated carbocycles. The summed E-state index contributed by atoms with van der Waals surface area (Å²) < 4.78 is 0. The molecular weight excluding hydrogens is 226 g/mol. The van der Waals surface area contributed by atoms with Crippen LogP contribution in [-0.4, -0.2) is 40.9 Å². The molecule has 0 unspecified atom stereocenters. The van der Waals surface area contributed by atoms with Crippen LogP contribution in [0.4, 0.5) is 0 Å². The maximum Gasteiger partial charge on any atom is 0.224 e. The fourth-order valence-electron chi connectivity index (χ4n) is 2.16. The van der Waals surface area contributed by atoms with Gasteiger partial charge in [-0.15, -0.1) is 0 Å². The molecular formula is C11H18NO3S-. The topological polar surface area (TPSA) is 60.4 Å². The van der Waals surface area contributed by atoms with Crippen molar-refractivity contribution in [2.45, 2.75) is 44.7 Å². The maximum atomic E-state index is 11.9. The Bertz CT molecular complexity index is 270. The number of amides is 1. The molecule has 1 saturated heterocycles. The minimum Gasteiger partial charge on any atom is -0.548 e. The van der Waals surface area contributed by atoms with Gasteiger partial charge in [0.05, 0.1) is 12.0 Å². The molecule has 0 bridgehead atoms. The number of likely N-dealkylation sites (tertiary alicyclic amines) is 1. The van der Waals surface area contributed by atoms with Crippen molar-refractivity contribution in [3.8, 4) is 0 Å². The summed E-state index contributed by atoms with van der Waals surface area (Å²) in [7, 11) is 0. The van der Waals surface area contributed by atoms with Gasteiger partial charge in [0.25, 0.3) is 0 Å². The number of hydrogen-bond donors (Lipinski definition) is 0. The van der Waals surface area contributed by atoms with Gasteiger partial charge in [-0.1, -0.05) is 0 Å². The first-order valence-corrected chi connectivity index (χ1v) is 6.98. The van der Waals surface area contributed by atoms with Crippen molar-refractivity contribution in [1.82, 2.24) is 4.90 Å². The lowest BCUT2D eigenvalue weighted by molar-refractivity contribution is -0.312. The van der Waals surface area contributed by atoms with Crippen molar-refractivity contribution in [3.63, 3.8) is 0 Å². The largest absolute Gasteiger partial charge is 0.548 e. The first kappa shape index (κ1) is 13.4. The predicted octanol–water partition coefficient (Wildman–Crippen LogP) is 0.259. The van der Waals surface area contributed by atoms with E-state index in [9.17, 15) is 14.7 Å². The molecule has 1 heterocycles. The van der Waals surface area contributed by atoms with Crippen molar-refractivity contribution in [2.75, 3.05) is 12.0 Å². The minimum atomic E-state index is -1.12. The lowest BCUT2D eigenvalue weighted by Crippen LogP contribution is -2.56. The molecule has 2 atom stereocenters. The van der Waals surface area contributed by atoms with Crippen LogP contribution < -0.4 is 5.11 Å². The molecule has 5 heteroatoms. The van der Waals surface area contributed by atoms with Crippen molar-refractivity contribution in [2.24, 2.45) is 0 Å². The molecule has 16 heavy (non-hydrogen) atoms. The number of rotatable bonds is 4. The van der Waals surface area contributed by atoms with Crippen LogP contribution in [0, 0.1) is 0 Å². The van der Waals surface area contributed by atoms with Crippen LogP contribution in [0.2, 0.25) is 0 Å². The lowest BCUT2D eigenvalue weighted by atomic mass is 9.96. The Morgan fingerprint density at radius 2 is 2.12 bits per heavy atom. The predicted molar refractivity (Wildman–Crippen MR) is 62.0 cm³/mol. The lowest BCUT2D eigenvalue weighted by Gasteiger charge is -2.41. The highest BCUT2D eigenvalue weighted by Gasteiger charge is 2.31. The third kappa shape index (κ3) is 3.14. The summed E-state index contributed by atoms with van der Waals surface area (Å²) in [6, 6.07) is -0.705. The van der Waals surface area contributed by atoms with E-state index in [0.717, 1.165) is 18.6 Å². The quantitative estimate of drug-likeness (QED) is 0.711. The number of hydrogen-bond acceptors (Lipinski definition) is 4. The van der Waals surface area contributed by atoms with E-state index < -0.39 is 12.0 Å². The van der Waals surface area contributed by atoms with Crippen molar-refractivity contribution < 1.29 is 14.7 Å². The monoisotopic (exact) mass is 244 g/mol. The van der Waals surface area contributed by atoms with Crippen molar-refractivity contribution in [1.29, 1.82) is 0 Å². The molecule has 92 valence electrons. The molecule has 0 N–H and O–H groups in total. The van der Waals surface area contributed by atoms with Crippen LogP contribution in [0.25, 0.3) is 0 Å². The minimum absolute atomic E-state index is 0.0195. The summed E-state index contributed by atoms with van der Waals surface area (Å²) >= 11 is 1.59. The number of carboxylic acid groups (broad SMARTS) is 1. The van der Waals surface area contributed by atoms with Crippen LogP contribution in [0.1, 0.15) is 32.6 Å². The number of carboxylic acids is 1. The van der Waals surface area contributed by atoms with Gasteiger partial charge in [0.1, 0.15) is 0 Å². The van der Waals surface area contributed by atoms with E-state index in [2.05, 4.69) is 0 Å². The van der Waals surface area contributed by atoms with Crippen LogP contribution in [0.5, 0.6) is 0 Å². The van der Waals surface area contributed by atoms with Gasteiger partial charge in [0.2, 0.25) is 5.91 Å². The number of carbonyl (C=O) groups is 2. The van der Waals surface area contributed by atoms with E-state index in [1.165, 1.54) is 4.90 Å². The van der Waals surface area contributed by atoms with Crippen LogP contribution >= 0.6 is 11.8 Å². The number of thioether (sulfide) groups is 1. The molecule has 0 aromatic carbocycles. The summed E-state index contributed by atoms with van der Waals surface area (Å²) in [5, 5.41) is 11.0. The summed E-state index contributed by atoms with van der Waals surface area (Å²) in [6.45, 7) is 1.91. The van der Waals surface area contributed by atoms with Gasteiger partial charge >= 0.3 is 0 Å². The molecule has 0 aromatic heterocycles. The highest BCUT2D eigenvalue weighted by atomic mass is 32.2. The zero-order valence-corrected chi connectivity index (χ0v) is 10.6. The summed E-state index contributed by atoms with van der Waals surface area (Å²) in [4.78, 5) is 24.4. The van der Waals surface area contributed by atoms with Crippen LogP contribution in [0.15, 0.2) is 0 Å². The van der Waals surface area contributed by atoms with Crippen LogP contribution in [-0.2, 0) is 9.59 Å². The molecule has 0 aliphatic carbocycles. The zero-order chi connectivity index (χ0) is 12.1. The molecule has 1 aliphatic rings.